The van der Waals surface area contributed by atoms with Crippen LogP contribution in [0.3, 0.4) is 0 Å². The van der Waals surface area contributed by atoms with E-state index in [0.717, 1.165) is 23.3 Å². The molecule has 178 valence electrons. The first-order valence-corrected chi connectivity index (χ1v) is 14.0. The number of fused-ring (bicyclic) bond motifs is 1. The number of carbonyl (C=O) groups excluding carboxylic acids is 1. The smallest absolute Gasteiger partial charge is 0.252 e. The van der Waals surface area contributed by atoms with Crippen LogP contribution in [0.15, 0.2) is 64.9 Å². The molecule has 1 amide bonds. The minimum Gasteiger partial charge on any atom is -0.379 e. The van der Waals surface area contributed by atoms with Gasteiger partial charge in [-0.15, -0.1) is 11.3 Å². The molecule has 1 saturated heterocycles. The van der Waals surface area contributed by atoms with Crippen LogP contribution in [0.1, 0.15) is 50.8 Å². The number of hydrogen-bond acceptors (Lipinski definition) is 5. The quantitative estimate of drug-likeness (QED) is 0.556. The summed E-state index contributed by atoms with van der Waals surface area (Å²) in [7, 11) is -3.59. The summed E-state index contributed by atoms with van der Waals surface area (Å²) in [6, 6.07) is 16.5. The van der Waals surface area contributed by atoms with Gasteiger partial charge in [0.15, 0.2) is 0 Å². The Morgan fingerprint density at radius 2 is 1.71 bits per heavy atom. The van der Waals surface area contributed by atoms with Gasteiger partial charge in [0, 0.05) is 23.5 Å². The van der Waals surface area contributed by atoms with Gasteiger partial charge < -0.3 is 10.1 Å². The minimum absolute atomic E-state index is 0.190. The fourth-order valence-corrected chi connectivity index (χ4v) is 6.85. The molecule has 0 saturated carbocycles. The van der Waals surface area contributed by atoms with Crippen molar-refractivity contribution in [3.05, 3.63) is 87.1 Å². The number of rotatable bonds is 6. The number of carbonyl (C=O) groups is 1. The number of nitrogens with one attached hydrogen (secondary N) is 1. The monoisotopic (exact) mass is 496 g/mol. The average molecular weight is 497 g/mol. The van der Waals surface area contributed by atoms with Crippen molar-refractivity contribution in [3.63, 3.8) is 0 Å². The van der Waals surface area contributed by atoms with Crippen molar-refractivity contribution in [1.82, 2.24) is 9.62 Å². The molecule has 1 aliphatic carbocycles. The predicted octanol–water partition coefficient (Wildman–Crippen LogP) is 4.17. The van der Waals surface area contributed by atoms with Gasteiger partial charge >= 0.3 is 0 Å². The summed E-state index contributed by atoms with van der Waals surface area (Å²) < 4.78 is 32.4. The van der Waals surface area contributed by atoms with Gasteiger partial charge in [-0.25, -0.2) is 8.42 Å². The fraction of sp³-hybridized carbons (Fsp3) is 0.346. The Labute approximate surface area is 204 Å². The lowest BCUT2D eigenvalue weighted by Gasteiger charge is -2.26. The molecule has 6 nitrogen and oxygen atoms in total. The first kappa shape index (κ1) is 23.2. The van der Waals surface area contributed by atoms with E-state index in [1.807, 2.05) is 17.5 Å². The van der Waals surface area contributed by atoms with Crippen LogP contribution < -0.4 is 5.32 Å². The van der Waals surface area contributed by atoms with Crippen molar-refractivity contribution in [2.75, 3.05) is 26.3 Å². The maximum atomic E-state index is 13.2. The lowest BCUT2D eigenvalue weighted by Crippen LogP contribution is -2.40. The molecule has 3 aromatic rings. The van der Waals surface area contributed by atoms with Crippen molar-refractivity contribution in [3.8, 4) is 0 Å². The summed E-state index contributed by atoms with van der Waals surface area (Å²) in [4.78, 5) is 14.4. The Hall–Kier alpha value is -2.52. The van der Waals surface area contributed by atoms with Gasteiger partial charge in [0.05, 0.1) is 24.2 Å². The van der Waals surface area contributed by atoms with Gasteiger partial charge in [0.25, 0.3) is 5.91 Å². The Morgan fingerprint density at radius 1 is 0.971 bits per heavy atom. The molecule has 1 aliphatic heterocycles. The summed E-state index contributed by atoms with van der Waals surface area (Å²) in [6.07, 6.45) is 4.62. The topological polar surface area (TPSA) is 75.7 Å². The summed E-state index contributed by atoms with van der Waals surface area (Å²) in [5.74, 6) is -0.230. The normalized spacial score (nSPS) is 17.6. The Balaban J connectivity index is 1.37. The molecule has 1 atom stereocenters. The Bertz CT molecular complexity index is 1250. The van der Waals surface area contributed by atoms with E-state index in [9.17, 15) is 13.2 Å². The van der Waals surface area contributed by atoms with E-state index in [0.29, 0.717) is 31.9 Å². The van der Waals surface area contributed by atoms with Crippen LogP contribution in [-0.2, 0) is 27.6 Å². The second-order valence-electron chi connectivity index (χ2n) is 8.70. The van der Waals surface area contributed by atoms with Gasteiger partial charge in [0.2, 0.25) is 10.0 Å². The van der Waals surface area contributed by atoms with Crippen LogP contribution in [0.2, 0.25) is 0 Å². The van der Waals surface area contributed by atoms with E-state index in [2.05, 4.69) is 23.5 Å². The lowest BCUT2D eigenvalue weighted by molar-refractivity contribution is 0.0730. The van der Waals surface area contributed by atoms with E-state index in [4.69, 9.17) is 4.74 Å². The summed E-state index contributed by atoms with van der Waals surface area (Å²) >= 11 is 1.61. The first-order valence-electron chi connectivity index (χ1n) is 11.7. The Morgan fingerprint density at radius 3 is 2.41 bits per heavy atom. The highest BCUT2D eigenvalue weighted by Gasteiger charge is 2.27. The average Bonchev–Trinajstić information content (AvgIpc) is 3.42. The number of benzene rings is 2. The molecular weight excluding hydrogens is 468 g/mol. The zero-order valence-electron chi connectivity index (χ0n) is 18.9. The van der Waals surface area contributed by atoms with Crippen LogP contribution in [0.4, 0.5) is 0 Å². The molecule has 34 heavy (non-hydrogen) atoms. The van der Waals surface area contributed by atoms with Crippen molar-refractivity contribution < 1.29 is 17.9 Å². The molecule has 8 heteroatoms. The zero-order valence-corrected chi connectivity index (χ0v) is 20.5. The molecule has 2 heterocycles. The number of nitrogens with zero attached hydrogens (tertiary/aromatic N) is 1. The van der Waals surface area contributed by atoms with Crippen molar-refractivity contribution >= 4 is 27.3 Å². The molecule has 2 aromatic carbocycles. The molecule has 0 radical (unpaired) electrons. The van der Waals surface area contributed by atoms with E-state index in [1.54, 1.807) is 23.5 Å². The minimum atomic E-state index is -3.59. The number of thiophene rings is 1. The number of sulfonamides is 1. The molecule has 0 spiro atoms. The molecule has 0 bridgehead atoms. The second kappa shape index (κ2) is 10.00. The van der Waals surface area contributed by atoms with E-state index in [1.165, 1.54) is 40.4 Å². The largest absolute Gasteiger partial charge is 0.379 e. The third-order valence-electron chi connectivity index (χ3n) is 6.53. The fourth-order valence-electron chi connectivity index (χ4n) is 4.64. The third kappa shape index (κ3) is 4.81. The van der Waals surface area contributed by atoms with Crippen LogP contribution in [-0.4, -0.2) is 44.9 Å². The van der Waals surface area contributed by atoms with Gasteiger partial charge in [0.1, 0.15) is 0 Å². The Kier molecular flexibility index (Phi) is 6.83. The van der Waals surface area contributed by atoms with Crippen LogP contribution >= 0.6 is 11.3 Å². The predicted molar refractivity (Wildman–Crippen MR) is 133 cm³/mol. The van der Waals surface area contributed by atoms with Gasteiger partial charge in [-0.1, -0.05) is 24.3 Å². The van der Waals surface area contributed by atoms with Crippen LogP contribution in [0.5, 0.6) is 0 Å². The zero-order chi connectivity index (χ0) is 23.5. The number of hydrogen-bond donors (Lipinski definition) is 1. The number of ether oxygens (including phenoxy) is 1. The number of aryl methyl sites for hydroxylation is 2. The van der Waals surface area contributed by atoms with Crippen LogP contribution in [0, 0.1) is 0 Å². The highest BCUT2D eigenvalue weighted by molar-refractivity contribution is 7.89. The highest BCUT2D eigenvalue weighted by atomic mass is 32.2. The summed E-state index contributed by atoms with van der Waals surface area (Å²) in [5, 5.41) is 5.19. The standard InChI is InChI=1S/C26H28N2O4S2/c29-26(20-9-11-23(12-10-20)34(30,31)28-13-15-32-16-14-28)27-25(24-6-3-17-33-24)22-8-7-19-4-1-2-5-21(19)18-22/h3,6-12,17-18,25H,1-2,4-5,13-16H2,(H,27,29). The van der Waals surface area contributed by atoms with Crippen LogP contribution in [0.25, 0.3) is 0 Å². The van der Waals surface area contributed by atoms with Crippen molar-refractivity contribution in [1.29, 1.82) is 0 Å². The molecule has 1 aromatic heterocycles. The number of amides is 1. The van der Waals surface area contributed by atoms with Crippen molar-refractivity contribution in [2.24, 2.45) is 0 Å². The first-order chi connectivity index (χ1) is 16.5. The SMILES string of the molecule is O=C(NC(c1ccc2c(c1)CCCC2)c1cccs1)c1ccc(S(=O)(=O)N2CCOCC2)cc1. The van der Waals surface area contributed by atoms with Gasteiger partial charge in [-0.2, -0.15) is 4.31 Å². The molecule has 5 rings (SSSR count). The van der Waals surface area contributed by atoms with E-state index < -0.39 is 10.0 Å². The highest BCUT2D eigenvalue weighted by Crippen LogP contribution is 2.30. The van der Waals surface area contributed by atoms with E-state index >= 15 is 0 Å². The summed E-state index contributed by atoms with van der Waals surface area (Å²) in [6.45, 7) is 1.47. The lowest BCUT2D eigenvalue weighted by atomic mass is 9.89. The van der Waals surface area contributed by atoms with Crippen molar-refractivity contribution in [2.45, 2.75) is 36.6 Å². The molecule has 2 aliphatic rings. The molecular formula is C26H28N2O4S2. The summed E-state index contributed by atoms with van der Waals surface area (Å²) in [5.41, 5.74) is 4.28. The maximum Gasteiger partial charge on any atom is 0.252 e. The molecule has 1 fully saturated rings. The maximum absolute atomic E-state index is 13.2. The third-order valence-corrected chi connectivity index (χ3v) is 9.38. The second-order valence-corrected chi connectivity index (χ2v) is 11.6. The van der Waals surface area contributed by atoms with Gasteiger partial charge in [-0.3, -0.25) is 4.79 Å². The van der Waals surface area contributed by atoms with Gasteiger partial charge in [-0.05, 0) is 78.1 Å². The number of morpholine rings is 1. The van der Waals surface area contributed by atoms with E-state index in [-0.39, 0.29) is 16.8 Å². The molecule has 1 unspecified atom stereocenters. The molecule has 1 N–H and O–H groups in total.